The molecule has 2 aromatic carbocycles. The number of hydrogen-bond acceptors (Lipinski definition) is 6. The van der Waals surface area contributed by atoms with Gasteiger partial charge in [-0.3, -0.25) is 25.2 Å². The van der Waals surface area contributed by atoms with Crippen molar-refractivity contribution in [2.45, 2.75) is 17.4 Å². The predicted molar refractivity (Wildman–Crippen MR) is 145 cm³/mol. The third kappa shape index (κ3) is 6.40. The number of rotatable bonds is 9. The maximum atomic E-state index is 13.1. The van der Waals surface area contributed by atoms with Gasteiger partial charge in [0, 0.05) is 35.6 Å². The highest BCUT2D eigenvalue weighted by molar-refractivity contribution is 7.89. The molecular weight excluding hydrogens is 550 g/mol. The van der Waals surface area contributed by atoms with Gasteiger partial charge < -0.3 is 10.3 Å². The summed E-state index contributed by atoms with van der Waals surface area (Å²) in [5, 5.41) is 5.73. The Morgan fingerprint density at radius 1 is 1.03 bits per heavy atom. The molecule has 10 nitrogen and oxygen atoms in total. The van der Waals surface area contributed by atoms with Gasteiger partial charge in [-0.25, -0.2) is 8.42 Å². The van der Waals surface area contributed by atoms with Crippen molar-refractivity contribution in [2.75, 3.05) is 13.6 Å². The Hall–Kier alpha value is -3.71. The number of hydrogen-bond donors (Lipinski definition) is 4. The average Bonchev–Trinajstić information content (AvgIpc) is 3.58. The van der Waals surface area contributed by atoms with E-state index in [0.717, 1.165) is 20.8 Å². The lowest BCUT2D eigenvalue weighted by Crippen LogP contribution is -2.54. The summed E-state index contributed by atoms with van der Waals surface area (Å²) in [5.41, 5.74) is 6.21. The van der Waals surface area contributed by atoms with Crippen LogP contribution in [-0.2, 0) is 26.0 Å². The zero-order valence-electron chi connectivity index (χ0n) is 20.1. The van der Waals surface area contributed by atoms with Crippen LogP contribution in [0.15, 0.2) is 77.1 Å². The fraction of sp³-hybridized carbons (Fsp3) is 0.160. The van der Waals surface area contributed by atoms with Crippen molar-refractivity contribution in [1.29, 1.82) is 0 Å². The molecule has 0 saturated heterocycles. The van der Waals surface area contributed by atoms with Gasteiger partial charge in [0.25, 0.3) is 17.7 Å². The lowest BCUT2D eigenvalue weighted by molar-refractivity contribution is -0.129. The van der Waals surface area contributed by atoms with Crippen LogP contribution >= 0.6 is 22.9 Å². The van der Waals surface area contributed by atoms with E-state index in [1.165, 1.54) is 42.6 Å². The van der Waals surface area contributed by atoms with Crippen LogP contribution in [0.5, 0.6) is 0 Å². The molecule has 1 atom stereocenters. The lowest BCUT2D eigenvalue weighted by Gasteiger charge is -2.20. The first-order chi connectivity index (χ1) is 18.1. The van der Waals surface area contributed by atoms with Crippen molar-refractivity contribution in [3.8, 4) is 0 Å². The Balaban J connectivity index is 1.42. The molecule has 13 heteroatoms. The Morgan fingerprint density at radius 3 is 2.47 bits per heavy atom. The first kappa shape index (κ1) is 27.3. The monoisotopic (exact) mass is 573 g/mol. The third-order valence-corrected chi connectivity index (χ3v) is 8.62. The molecule has 0 aliphatic heterocycles. The van der Waals surface area contributed by atoms with E-state index in [4.69, 9.17) is 11.6 Å². The lowest BCUT2D eigenvalue weighted by atomic mass is 10.0. The number of aromatic amines is 1. The van der Waals surface area contributed by atoms with Gasteiger partial charge in [0.05, 0.1) is 16.3 Å². The summed E-state index contributed by atoms with van der Waals surface area (Å²) in [7, 11) is -2.72. The molecule has 0 radical (unpaired) electrons. The fourth-order valence-electron chi connectivity index (χ4n) is 3.70. The Kier molecular flexibility index (Phi) is 8.47. The number of sulfonamides is 1. The van der Waals surface area contributed by atoms with Crippen molar-refractivity contribution in [3.05, 3.63) is 87.7 Å². The molecular formula is C25H24ClN5O5S2. The molecule has 38 heavy (non-hydrogen) atoms. The van der Waals surface area contributed by atoms with Crippen LogP contribution < -0.4 is 16.2 Å². The highest BCUT2D eigenvalue weighted by Crippen LogP contribution is 2.20. The molecule has 198 valence electrons. The van der Waals surface area contributed by atoms with E-state index >= 15 is 0 Å². The highest BCUT2D eigenvalue weighted by Gasteiger charge is 2.26. The fourth-order valence-corrected chi connectivity index (χ4v) is 5.58. The number of aromatic nitrogens is 1. The van der Waals surface area contributed by atoms with Gasteiger partial charge in [0.1, 0.15) is 6.04 Å². The predicted octanol–water partition coefficient (Wildman–Crippen LogP) is 2.69. The SMILES string of the molecule is CN(CC(=O)NNC(=O)[C@@H](Cc1c[nH]c2ccccc12)NC(=O)c1cccs1)S(=O)(=O)c1ccc(Cl)cc1. The zero-order chi connectivity index (χ0) is 27.3. The van der Waals surface area contributed by atoms with Crippen molar-refractivity contribution in [2.24, 2.45) is 0 Å². The standard InChI is InChI=1S/C25H24ClN5O5S2/c1-31(38(35,36)18-10-8-17(26)9-11-18)15-23(32)29-30-24(33)21(28-25(34)22-7-4-12-37-22)13-16-14-27-20-6-3-2-5-19(16)20/h2-12,14,21,27H,13,15H2,1H3,(H,28,34)(H,29,32)(H,30,33)/t21-/m1/s1. The summed E-state index contributed by atoms with van der Waals surface area (Å²) in [6.45, 7) is -0.556. The van der Waals surface area contributed by atoms with Crippen LogP contribution in [0.4, 0.5) is 0 Å². The van der Waals surface area contributed by atoms with Crippen molar-refractivity contribution >= 4 is 61.6 Å². The molecule has 4 rings (SSSR count). The number of amides is 3. The third-order valence-electron chi connectivity index (χ3n) is 5.68. The second-order valence-electron chi connectivity index (χ2n) is 8.32. The second-order valence-corrected chi connectivity index (χ2v) is 11.7. The topological polar surface area (TPSA) is 140 Å². The molecule has 0 aliphatic rings. The molecule has 4 aromatic rings. The van der Waals surface area contributed by atoms with Crippen molar-refractivity contribution in [1.82, 2.24) is 25.5 Å². The number of halogens is 1. The Morgan fingerprint density at radius 2 is 1.76 bits per heavy atom. The van der Waals surface area contributed by atoms with E-state index in [0.29, 0.717) is 9.90 Å². The smallest absolute Gasteiger partial charge is 0.262 e. The number of benzene rings is 2. The second kappa shape index (κ2) is 11.8. The summed E-state index contributed by atoms with van der Waals surface area (Å²) in [6.07, 6.45) is 1.91. The van der Waals surface area contributed by atoms with E-state index in [1.54, 1.807) is 23.7 Å². The van der Waals surface area contributed by atoms with Crippen LogP contribution in [0.3, 0.4) is 0 Å². The molecule has 0 spiro atoms. The van der Waals surface area contributed by atoms with Gasteiger partial charge in [-0.1, -0.05) is 35.9 Å². The minimum Gasteiger partial charge on any atom is -0.361 e. The number of thiophene rings is 1. The summed E-state index contributed by atoms with van der Waals surface area (Å²) in [6, 6.07) is 15.4. The van der Waals surface area contributed by atoms with Crippen LogP contribution in [0.25, 0.3) is 10.9 Å². The highest BCUT2D eigenvalue weighted by atomic mass is 35.5. The van der Waals surface area contributed by atoms with Crippen molar-refractivity contribution < 1.29 is 22.8 Å². The van der Waals surface area contributed by atoms with E-state index < -0.39 is 40.3 Å². The minimum absolute atomic E-state index is 0.0312. The zero-order valence-corrected chi connectivity index (χ0v) is 22.5. The number of nitrogens with one attached hydrogen (secondary N) is 4. The van der Waals surface area contributed by atoms with Gasteiger partial charge in [-0.15, -0.1) is 11.3 Å². The quantitative estimate of drug-likeness (QED) is 0.228. The maximum absolute atomic E-state index is 13.1. The minimum atomic E-state index is -3.96. The number of para-hydroxylation sites is 1. The van der Waals surface area contributed by atoms with Crippen LogP contribution in [-0.4, -0.2) is 55.1 Å². The number of nitrogens with zero attached hydrogens (tertiary/aromatic N) is 1. The molecule has 4 N–H and O–H groups in total. The maximum Gasteiger partial charge on any atom is 0.262 e. The molecule has 0 unspecified atom stereocenters. The number of hydrazine groups is 1. The first-order valence-corrected chi connectivity index (χ1v) is 14.0. The number of H-pyrrole nitrogens is 1. The molecule has 0 bridgehead atoms. The van der Waals surface area contributed by atoms with E-state index in [2.05, 4.69) is 21.2 Å². The number of carbonyl (C=O) groups excluding carboxylic acids is 3. The number of carbonyl (C=O) groups is 3. The number of fused-ring (bicyclic) bond motifs is 1. The summed E-state index contributed by atoms with van der Waals surface area (Å²) < 4.78 is 26.3. The van der Waals surface area contributed by atoms with Gasteiger partial charge in [0.15, 0.2) is 0 Å². The first-order valence-electron chi connectivity index (χ1n) is 11.3. The molecule has 0 saturated carbocycles. The van der Waals surface area contributed by atoms with Gasteiger partial charge in [0.2, 0.25) is 10.0 Å². The van der Waals surface area contributed by atoms with Crippen LogP contribution in [0.2, 0.25) is 5.02 Å². The average molecular weight is 574 g/mol. The van der Waals surface area contributed by atoms with E-state index in [1.807, 2.05) is 24.3 Å². The molecule has 2 aromatic heterocycles. The Bertz CT molecular complexity index is 1550. The molecule has 2 heterocycles. The van der Waals surface area contributed by atoms with E-state index in [9.17, 15) is 22.8 Å². The summed E-state index contributed by atoms with van der Waals surface area (Å²) >= 11 is 7.05. The molecule has 3 amide bonds. The Labute approximate surface area is 228 Å². The van der Waals surface area contributed by atoms with Gasteiger partial charge in [-0.05, 0) is 47.3 Å². The van der Waals surface area contributed by atoms with Gasteiger partial charge in [-0.2, -0.15) is 4.31 Å². The largest absolute Gasteiger partial charge is 0.361 e. The normalized spacial score (nSPS) is 12.3. The molecule has 0 aliphatic carbocycles. The van der Waals surface area contributed by atoms with Crippen LogP contribution in [0, 0.1) is 0 Å². The van der Waals surface area contributed by atoms with Gasteiger partial charge >= 0.3 is 0 Å². The number of likely N-dealkylation sites (N-methyl/N-ethyl adjacent to an activating group) is 1. The van der Waals surface area contributed by atoms with E-state index in [-0.39, 0.29) is 11.3 Å². The van der Waals surface area contributed by atoms with Crippen molar-refractivity contribution in [3.63, 3.8) is 0 Å². The molecule has 0 fully saturated rings. The summed E-state index contributed by atoms with van der Waals surface area (Å²) in [5.74, 6) is -1.87. The summed E-state index contributed by atoms with van der Waals surface area (Å²) in [4.78, 5) is 41.8. The van der Waals surface area contributed by atoms with Crippen LogP contribution in [0.1, 0.15) is 15.2 Å².